The molecule has 1 aromatic heterocycles. The topological polar surface area (TPSA) is 51.2 Å². The van der Waals surface area contributed by atoms with Crippen LogP contribution in [0.2, 0.25) is 0 Å². The number of ether oxygens (including phenoxy) is 1. The van der Waals surface area contributed by atoms with E-state index in [1.807, 2.05) is 24.3 Å². The molecule has 3 rings (SSSR count). The van der Waals surface area contributed by atoms with Crippen LogP contribution < -0.4 is 10.1 Å². The molecule has 1 amide bonds. The lowest BCUT2D eigenvalue weighted by molar-refractivity contribution is -0.123. The molecule has 0 spiro atoms. The first kappa shape index (κ1) is 16.2. The Morgan fingerprint density at radius 1 is 1.22 bits per heavy atom. The second kappa shape index (κ2) is 7.77. The average molecular weight is 377 g/mol. The van der Waals surface area contributed by atoms with Gasteiger partial charge in [0.15, 0.2) is 6.61 Å². The second-order valence-corrected chi connectivity index (χ2v) is 6.97. The Morgan fingerprint density at radius 3 is 2.78 bits per heavy atom. The van der Waals surface area contributed by atoms with Crippen molar-refractivity contribution in [1.82, 2.24) is 10.3 Å². The number of fused-ring (bicyclic) bond motifs is 1. The quantitative estimate of drug-likeness (QED) is 0.812. The number of amides is 1. The van der Waals surface area contributed by atoms with Crippen LogP contribution in [0, 0.1) is 0 Å². The highest BCUT2D eigenvalue weighted by molar-refractivity contribution is 9.10. The Balaban J connectivity index is 1.55. The highest BCUT2D eigenvalue weighted by atomic mass is 79.9. The van der Waals surface area contributed by atoms with Crippen molar-refractivity contribution in [3.8, 4) is 5.75 Å². The highest BCUT2D eigenvalue weighted by Crippen LogP contribution is 2.22. The van der Waals surface area contributed by atoms with E-state index in [0.29, 0.717) is 11.8 Å². The summed E-state index contributed by atoms with van der Waals surface area (Å²) >= 11 is 3.45. The van der Waals surface area contributed by atoms with Crippen LogP contribution >= 0.6 is 15.9 Å². The van der Waals surface area contributed by atoms with Crippen molar-refractivity contribution in [2.75, 3.05) is 6.61 Å². The highest BCUT2D eigenvalue weighted by Gasteiger charge is 2.15. The van der Waals surface area contributed by atoms with Crippen LogP contribution in [0.1, 0.15) is 38.5 Å². The molecule has 1 saturated carbocycles. The fourth-order valence-electron chi connectivity index (χ4n) is 3.00. The van der Waals surface area contributed by atoms with E-state index in [-0.39, 0.29) is 12.5 Å². The monoisotopic (exact) mass is 376 g/mol. The molecule has 5 heteroatoms. The number of benzene rings is 1. The van der Waals surface area contributed by atoms with Crippen LogP contribution in [0.25, 0.3) is 10.9 Å². The number of nitrogens with zero attached hydrogens (tertiary/aromatic N) is 1. The van der Waals surface area contributed by atoms with Gasteiger partial charge in [0.1, 0.15) is 5.75 Å². The van der Waals surface area contributed by atoms with Crippen molar-refractivity contribution in [2.24, 2.45) is 0 Å². The van der Waals surface area contributed by atoms with E-state index in [9.17, 15) is 4.79 Å². The van der Waals surface area contributed by atoms with Crippen LogP contribution in [0.5, 0.6) is 5.75 Å². The van der Waals surface area contributed by atoms with E-state index in [1.165, 1.54) is 25.7 Å². The maximum atomic E-state index is 12.1. The summed E-state index contributed by atoms with van der Waals surface area (Å²) in [5.41, 5.74) is 0.906. The van der Waals surface area contributed by atoms with E-state index in [2.05, 4.69) is 26.2 Å². The van der Waals surface area contributed by atoms with Gasteiger partial charge in [0.2, 0.25) is 0 Å². The molecule has 1 heterocycles. The number of hydrogen-bond donors (Lipinski definition) is 1. The van der Waals surface area contributed by atoms with Gasteiger partial charge in [-0.3, -0.25) is 9.78 Å². The van der Waals surface area contributed by atoms with Gasteiger partial charge in [0.25, 0.3) is 5.91 Å². The number of pyridine rings is 1. The lowest BCUT2D eigenvalue weighted by Crippen LogP contribution is -2.37. The minimum Gasteiger partial charge on any atom is -0.482 e. The number of carbonyl (C=O) groups excluding carboxylic acids is 1. The summed E-state index contributed by atoms with van der Waals surface area (Å²) in [6.45, 7) is 0.0394. The van der Waals surface area contributed by atoms with Gasteiger partial charge in [-0.15, -0.1) is 0 Å². The number of nitrogens with one attached hydrogen (secondary N) is 1. The summed E-state index contributed by atoms with van der Waals surface area (Å²) in [5, 5.41) is 4.07. The maximum Gasteiger partial charge on any atom is 0.258 e. The second-order valence-electron chi connectivity index (χ2n) is 6.05. The average Bonchev–Trinajstić information content (AvgIpc) is 2.81. The first-order valence-electron chi connectivity index (χ1n) is 8.18. The third kappa shape index (κ3) is 4.67. The third-order valence-electron chi connectivity index (χ3n) is 4.21. The molecule has 0 saturated heterocycles. The molecule has 0 unspecified atom stereocenters. The Bertz CT molecular complexity index is 682. The maximum absolute atomic E-state index is 12.1. The van der Waals surface area contributed by atoms with Gasteiger partial charge in [-0.1, -0.05) is 41.6 Å². The molecule has 0 bridgehead atoms. The molecule has 1 fully saturated rings. The van der Waals surface area contributed by atoms with E-state index in [1.54, 1.807) is 6.20 Å². The molecular weight excluding hydrogens is 356 g/mol. The van der Waals surface area contributed by atoms with E-state index >= 15 is 0 Å². The molecule has 0 aliphatic heterocycles. The number of hydrogen-bond acceptors (Lipinski definition) is 3. The minimum atomic E-state index is -0.0498. The smallest absolute Gasteiger partial charge is 0.258 e. The van der Waals surface area contributed by atoms with Crippen LogP contribution in [0.3, 0.4) is 0 Å². The largest absolute Gasteiger partial charge is 0.482 e. The van der Waals surface area contributed by atoms with Crippen molar-refractivity contribution in [2.45, 2.75) is 44.6 Å². The normalized spacial score (nSPS) is 16.0. The third-order valence-corrected chi connectivity index (χ3v) is 4.70. The van der Waals surface area contributed by atoms with Gasteiger partial charge in [-0.2, -0.15) is 0 Å². The van der Waals surface area contributed by atoms with Crippen molar-refractivity contribution < 1.29 is 9.53 Å². The van der Waals surface area contributed by atoms with E-state index in [0.717, 1.165) is 28.2 Å². The van der Waals surface area contributed by atoms with Gasteiger partial charge < -0.3 is 10.1 Å². The van der Waals surface area contributed by atoms with Crippen molar-refractivity contribution in [3.63, 3.8) is 0 Å². The van der Waals surface area contributed by atoms with Gasteiger partial charge >= 0.3 is 0 Å². The summed E-state index contributed by atoms with van der Waals surface area (Å²) in [5.74, 6) is 0.567. The lowest BCUT2D eigenvalue weighted by atomic mass is 10.1. The minimum absolute atomic E-state index is 0.0394. The summed E-state index contributed by atoms with van der Waals surface area (Å²) < 4.78 is 6.59. The molecule has 122 valence electrons. The molecule has 1 aliphatic carbocycles. The van der Waals surface area contributed by atoms with Crippen molar-refractivity contribution in [1.29, 1.82) is 0 Å². The first-order chi connectivity index (χ1) is 11.2. The van der Waals surface area contributed by atoms with Crippen LogP contribution in [-0.4, -0.2) is 23.5 Å². The lowest BCUT2D eigenvalue weighted by Gasteiger charge is -2.16. The molecule has 23 heavy (non-hydrogen) atoms. The molecule has 0 atom stereocenters. The predicted octanol–water partition coefficient (Wildman–Crippen LogP) is 4.22. The molecule has 2 aromatic rings. The first-order valence-corrected chi connectivity index (χ1v) is 8.97. The molecule has 4 nitrogen and oxygen atoms in total. The van der Waals surface area contributed by atoms with Crippen LogP contribution in [-0.2, 0) is 4.79 Å². The Labute approximate surface area is 144 Å². The zero-order chi connectivity index (χ0) is 16.1. The predicted molar refractivity (Wildman–Crippen MR) is 94.6 cm³/mol. The number of aromatic nitrogens is 1. The SMILES string of the molecule is O=C(COc1cnc2ccc(Br)cc2c1)NC1CCCCCC1. The van der Waals surface area contributed by atoms with Crippen LogP contribution in [0.15, 0.2) is 34.9 Å². The van der Waals surface area contributed by atoms with Crippen molar-refractivity contribution in [3.05, 3.63) is 34.9 Å². The fraction of sp³-hybridized carbons (Fsp3) is 0.444. The number of rotatable bonds is 4. The number of halogens is 1. The van der Waals surface area contributed by atoms with E-state index < -0.39 is 0 Å². The summed E-state index contributed by atoms with van der Waals surface area (Å²) in [4.78, 5) is 16.4. The summed E-state index contributed by atoms with van der Waals surface area (Å²) in [6, 6.07) is 8.10. The van der Waals surface area contributed by atoms with E-state index in [4.69, 9.17) is 4.74 Å². The van der Waals surface area contributed by atoms with Crippen molar-refractivity contribution >= 4 is 32.7 Å². The molecule has 0 radical (unpaired) electrons. The molecule has 1 N–H and O–H groups in total. The Hall–Kier alpha value is -1.62. The van der Waals surface area contributed by atoms with Gasteiger partial charge in [-0.05, 0) is 37.1 Å². The Morgan fingerprint density at radius 2 is 2.00 bits per heavy atom. The zero-order valence-corrected chi connectivity index (χ0v) is 14.6. The molecule has 1 aliphatic rings. The summed E-state index contributed by atoms with van der Waals surface area (Å²) in [6.07, 6.45) is 8.79. The van der Waals surface area contributed by atoms with Crippen LogP contribution in [0.4, 0.5) is 0 Å². The Kier molecular flexibility index (Phi) is 5.49. The standard InChI is InChI=1S/C18H21BrN2O2/c19-14-7-8-17-13(9-14)10-16(11-20-17)23-12-18(22)21-15-5-3-1-2-4-6-15/h7-11,15H,1-6,12H2,(H,21,22). The summed E-state index contributed by atoms with van der Waals surface area (Å²) in [7, 11) is 0. The molecular formula is C18H21BrN2O2. The zero-order valence-electron chi connectivity index (χ0n) is 13.1. The van der Waals surface area contributed by atoms with Gasteiger partial charge in [0, 0.05) is 15.9 Å². The fourth-order valence-corrected chi connectivity index (χ4v) is 3.38. The molecule has 1 aromatic carbocycles. The van der Waals surface area contributed by atoms with Gasteiger partial charge in [-0.25, -0.2) is 0 Å². The number of carbonyl (C=O) groups is 1. The van der Waals surface area contributed by atoms with Gasteiger partial charge in [0.05, 0.1) is 11.7 Å².